The van der Waals surface area contributed by atoms with Crippen LogP contribution in [0.1, 0.15) is 12.0 Å². The number of halogens is 1. The lowest BCUT2D eigenvalue weighted by atomic mass is 9.87. The minimum Gasteiger partial charge on any atom is -0.394 e. The molecule has 1 unspecified atom stereocenters. The summed E-state index contributed by atoms with van der Waals surface area (Å²) in [6, 6.07) is 15.9. The second-order valence-electron chi connectivity index (χ2n) is 4.97. The number of hydrogen-bond donors (Lipinski definition) is 2. The Morgan fingerprint density at radius 3 is 2.85 bits per heavy atom. The predicted molar refractivity (Wildman–Crippen MR) is 85.6 cm³/mol. The first-order valence-corrected chi connectivity index (χ1v) is 7.97. The Balaban J connectivity index is 2.00. The number of benzene rings is 2. The molecule has 1 aliphatic rings. The third-order valence-corrected chi connectivity index (χ3v) is 4.98. The van der Waals surface area contributed by atoms with Gasteiger partial charge in [0.15, 0.2) is 0 Å². The van der Waals surface area contributed by atoms with Crippen LogP contribution in [0.25, 0.3) is 0 Å². The summed E-state index contributed by atoms with van der Waals surface area (Å²) in [5.41, 5.74) is 1.68. The normalized spacial score (nSPS) is 21.3. The molecule has 0 bridgehead atoms. The summed E-state index contributed by atoms with van der Waals surface area (Å²) < 4.78 is 0. The SMILES string of the molecule is OCC1(Nc2cccc(Cl)c2)CCSc2ccccc21. The van der Waals surface area contributed by atoms with Crippen molar-refractivity contribution in [2.24, 2.45) is 0 Å². The van der Waals surface area contributed by atoms with Crippen LogP contribution in [0.2, 0.25) is 5.02 Å². The highest BCUT2D eigenvalue weighted by atomic mass is 35.5. The first kappa shape index (κ1) is 13.8. The quantitative estimate of drug-likeness (QED) is 0.894. The molecule has 1 aliphatic heterocycles. The number of nitrogens with one attached hydrogen (secondary N) is 1. The van der Waals surface area contributed by atoms with Gasteiger partial charge in [0.1, 0.15) is 0 Å². The van der Waals surface area contributed by atoms with Crippen LogP contribution >= 0.6 is 23.4 Å². The van der Waals surface area contributed by atoms with Crippen molar-refractivity contribution in [2.75, 3.05) is 17.7 Å². The Morgan fingerprint density at radius 2 is 2.05 bits per heavy atom. The van der Waals surface area contributed by atoms with Gasteiger partial charge in [-0.25, -0.2) is 0 Å². The summed E-state index contributed by atoms with van der Waals surface area (Å²) in [6.45, 7) is 0.0666. The van der Waals surface area contributed by atoms with Crippen LogP contribution in [0.4, 0.5) is 5.69 Å². The lowest BCUT2D eigenvalue weighted by Gasteiger charge is -2.39. The number of aliphatic hydroxyl groups excluding tert-OH is 1. The summed E-state index contributed by atoms with van der Waals surface area (Å²) >= 11 is 7.89. The van der Waals surface area contributed by atoms with Crippen molar-refractivity contribution in [3.8, 4) is 0 Å². The third-order valence-electron chi connectivity index (χ3n) is 3.67. The fraction of sp³-hybridized carbons (Fsp3) is 0.250. The van der Waals surface area contributed by atoms with Crippen molar-refractivity contribution in [1.82, 2.24) is 0 Å². The van der Waals surface area contributed by atoms with Gasteiger partial charge in [0.25, 0.3) is 0 Å². The van der Waals surface area contributed by atoms with Crippen molar-refractivity contribution in [2.45, 2.75) is 16.9 Å². The van der Waals surface area contributed by atoms with Gasteiger partial charge in [0.05, 0.1) is 12.1 Å². The highest BCUT2D eigenvalue weighted by Crippen LogP contribution is 2.42. The lowest BCUT2D eigenvalue weighted by Crippen LogP contribution is -2.42. The molecule has 2 N–H and O–H groups in total. The Hall–Kier alpha value is -1.16. The van der Waals surface area contributed by atoms with Crippen molar-refractivity contribution in [3.05, 3.63) is 59.1 Å². The summed E-state index contributed by atoms with van der Waals surface area (Å²) in [5.74, 6) is 0.991. The van der Waals surface area contributed by atoms with Crippen molar-refractivity contribution < 1.29 is 5.11 Å². The van der Waals surface area contributed by atoms with Gasteiger partial charge in [0, 0.05) is 21.4 Å². The van der Waals surface area contributed by atoms with E-state index in [1.807, 2.05) is 48.2 Å². The fourth-order valence-electron chi connectivity index (χ4n) is 2.63. The van der Waals surface area contributed by atoms with Crippen LogP contribution in [0.5, 0.6) is 0 Å². The number of hydrogen-bond acceptors (Lipinski definition) is 3. The molecule has 0 radical (unpaired) electrons. The molecule has 0 saturated carbocycles. The summed E-state index contributed by atoms with van der Waals surface area (Å²) in [4.78, 5) is 1.24. The average molecular weight is 306 g/mol. The van der Waals surface area contributed by atoms with Gasteiger partial charge in [-0.05, 0) is 36.2 Å². The summed E-state index contributed by atoms with van der Waals surface area (Å²) in [7, 11) is 0. The van der Waals surface area contributed by atoms with E-state index in [1.165, 1.54) is 10.5 Å². The van der Waals surface area contributed by atoms with Crippen LogP contribution in [0.15, 0.2) is 53.4 Å². The van der Waals surface area contributed by atoms with Crippen LogP contribution in [-0.2, 0) is 5.54 Å². The molecule has 0 saturated heterocycles. The van der Waals surface area contributed by atoms with Gasteiger partial charge < -0.3 is 10.4 Å². The van der Waals surface area contributed by atoms with Gasteiger partial charge in [-0.2, -0.15) is 0 Å². The van der Waals surface area contributed by atoms with Crippen molar-refractivity contribution in [1.29, 1.82) is 0 Å². The second kappa shape index (κ2) is 5.68. The van der Waals surface area contributed by atoms with Crippen LogP contribution in [0, 0.1) is 0 Å². The van der Waals surface area contributed by atoms with E-state index < -0.39 is 5.54 Å². The zero-order chi connectivity index (χ0) is 14.0. The van der Waals surface area contributed by atoms with Gasteiger partial charge in [-0.15, -0.1) is 11.8 Å². The molecular formula is C16H16ClNOS. The maximum absolute atomic E-state index is 10.0. The van der Waals surface area contributed by atoms with E-state index in [-0.39, 0.29) is 6.61 Å². The molecule has 104 valence electrons. The zero-order valence-corrected chi connectivity index (χ0v) is 12.5. The Kier molecular flexibility index (Phi) is 3.92. The Labute approximate surface area is 128 Å². The minimum atomic E-state index is -0.424. The molecular weight excluding hydrogens is 290 g/mol. The van der Waals surface area contributed by atoms with E-state index in [9.17, 15) is 5.11 Å². The smallest absolute Gasteiger partial charge is 0.0875 e. The number of aliphatic hydroxyl groups is 1. The maximum Gasteiger partial charge on any atom is 0.0875 e. The lowest BCUT2D eigenvalue weighted by molar-refractivity contribution is 0.205. The van der Waals surface area contributed by atoms with E-state index in [0.29, 0.717) is 5.02 Å². The summed E-state index contributed by atoms with van der Waals surface area (Å²) in [6.07, 6.45) is 0.887. The minimum absolute atomic E-state index is 0.0666. The molecule has 0 aromatic heterocycles. The van der Waals surface area contributed by atoms with E-state index >= 15 is 0 Å². The van der Waals surface area contributed by atoms with E-state index in [0.717, 1.165) is 17.9 Å². The van der Waals surface area contributed by atoms with Crippen molar-refractivity contribution in [3.63, 3.8) is 0 Å². The van der Waals surface area contributed by atoms with E-state index in [4.69, 9.17) is 11.6 Å². The van der Waals surface area contributed by atoms with Gasteiger partial charge in [-0.1, -0.05) is 35.9 Å². The Morgan fingerprint density at radius 1 is 1.20 bits per heavy atom. The highest BCUT2D eigenvalue weighted by molar-refractivity contribution is 7.99. The molecule has 2 aromatic rings. The van der Waals surface area contributed by atoms with Gasteiger partial charge in [-0.3, -0.25) is 0 Å². The molecule has 0 amide bonds. The standard InChI is InChI=1S/C16H16ClNOS/c17-12-4-3-5-13(10-12)18-16(11-19)8-9-20-15-7-2-1-6-14(15)16/h1-7,10,18-19H,8-9,11H2. The molecule has 20 heavy (non-hydrogen) atoms. The van der Waals surface area contributed by atoms with Crippen LogP contribution in [-0.4, -0.2) is 17.5 Å². The van der Waals surface area contributed by atoms with E-state index in [2.05, 4.69) is 17.4 Å². The first-order chi connectivity index (χ1) is 9.73. The topological polar surface area (TPSA) is 32.3 Å². The van der Waals surface area contributed by atoms with Crippen LogP contribution in [0.3, 0.4) is 0 Å². The number of rotatable bonds is 3. The van der Waals surface area contributed by atoms with E-state index in [1.54, 1.807) is 0 Å². The van der Waals surface area contributed by atoms with Gasteiger partial charge >= 0.3 is 0 Å². The van der Waals surface area contributed by atoms with Gasteiger partial charge in [0.2, 0.25) is 0 Å². The molecule has 0 aliphatic carbocycles. The molecule has 2 nitrogen and oxygen atoms in total. The molecule has 2 aromatic carbocycles. The maximum atomic E-state index is 10.0. The highest BCUT2D eigenvalue weighted by Gasteiger charge is 2.36. The molecule has 1 atom stereocenters. The zero-order valence-electron chi connectivity index (χ0n) is 11.0. The number of fused-ring (bicyclic) bond motifs is 1. The largest absolute Gasteiger partial charge is 0.394 e. The molecule has 4 heteroatoms. The molecule has 0 spiro atoms. The summed E-state index contributed by atoms with van der Waals surface area (Å²) in [5, 5.41) is 14.2. The Bertz CT molecular complexity index is 619. The number of anilines is 1. The fourth-order valence-corrected chi connectivity index (χ4v) is 4.09. The average Bonchev–Trinajstić information content (AvgIpc) is 2.47. The molecule has 3 rings (SSSR count). The number of thioether (sulfide) groups is 1. The van der Waals surface area contributed by atoms with Crippen LogP contribution < -0.4 is 5.32 Å². The second-order valence-corrected chi connectivity index (χ2v) is 6.54. The third kappa shape index (κ3) is 2.53. The first-order valence-electron chi connectivity index (χ1n) is 6.60. The molecule has 1 heterocycles. The predicted octanol–water partition coefficient (Wildman–Crippen LogP) is 4.14. The monoisotopic (exact) mass is 305 g/mol. The molecule has 0 fully saturated rings. The van der Waals surface area contributed by atoms with Crippen molar-refractivity contribution >= 4 is 29.1 Å².